The first-order valence-corrected chi connectivity index (χ1v) is 10.7. The molecule has 0 spiro atoms. The highest BCUT2D eigenvalue weighted by atomic mass is 32.2. The molecule has 2 aliphatic heterocycles. The van der Waals surface area contributed by atoms with Gasteiger partial charge in [-0.05, 0) is 17.9 Å². The minimum absolute atomic E-state index is 0.0439. The molecular weight excluding hydrogens is 334 g/mol. The first kappa shape index (κ1) is 16.9. The molecule has 1 atom stereocenters. The first-order valence-electron chi connectivity index (χ1n) is 7.99. The molecular formula is C15H23N3O3S2. The van der Waals surface area contributed by atoms with Gasteiger partial charge in [-0.25, -0.2) is 8.42 Å². The molecule has 1 amide bonds. The summed E-state index contributed by atoms with van der Waals surface area (Å²) in [6, 6.07) is 3.78. The Hall–Kier alpha value is -0.960. The maximum Gasteiger partial charge on any atom is 0.237 e. The fraction of sp³-hybridized carbons (Fsp3) is 0.667. The Balaban J connectivity index is 1.70. The molecule has 3 rings (SSSR count). The van der Waals surface area contributed by atoms with Gasteiger partial charge in [0.1, 0.15) is 0 Å². The molecule has 6 nitrogen and oxygen atoms in total. The molecule has 0 saturated carbocycles. The topological polar surface area (TPSA) is 69.7 Å². The van der Waals surface area contributed by atoms with Crippen molar-refractivity contribution in [2.45, 2.75) is 19.0 Å². The van der Waals surface area contributed by atoms with Crippen LogP contribution in [-0.2, 0) is 21.2 Å². The molecule has 23 heavy (non-hydrogen) atoms. The second kappa shape index (κ2) is 7.29. The molecule has 8 heteroatoms. The SMILES string of the molecule is O=C(CN1CCNCC1)N(Cc1cccs1)C1CCS(=O)(=O)C1. The van der Waals surface area contributed by atoms with Crippen molar-refractivity contribution in [1.82, 2.24) is 15.1 Å². The van der Waals surface area contributed by atoms with Gasteiger partial charge in [0.05, 0.1) is 24.6 Å². The number of carbonyl (C=O) groups excluding carboxylic acids is 1. The van der Waals surface area contributed by atoms with Gasteiger partial charge in [-0.15, -0.1) is 11.3 Å². The maximum absolute atomic E-state index is 12.8. The second-order valence-corrected chi connectivity index (χ2v) is 9.44. The number of nitrogens with one attached hydrogen (secondary N) is 1. The number of hydrogen-bond acceptors (Lipinski definition) is 6. The molecule has 2 saturated heterocycles. The zero-order valence-corrected chi connectivity index (χ0v) is 14.7. The van der Waals surface area contributed by atoms with Crippen molar-refractivity contribution in [2.75, 3.05) is 44.2 Å². The summed E-state index contributed by atoms with van der Waals surface area (Å²) in [6.45, 7) is 4.42. The molecule has 128 valence electrons. The number of amides is 1. The molecule has 1 N–H and O–H groups in total. The van der Waals surface area contributed by atoms with E-state index < -0.39 is 9.84 Å². The van der Waals surface area contributed by atoms with Crippen molar-refractivity contribution in [3.63, 3.8) is 0 Å². The van der Waals surface area contributed by atoms with Gasteiger partial charge < -0.3 is 10.2 Å². The van der Waals surface area contributed by atoms with Crippen LogP contribution in [0.2, 0.25) is 0 Å². The average molecular weight is 358 g/mol. The van der Waals surface area contributed by atoms with E-state index in [2.05, 4.69) is 10.2 Å². The fourth-order valence-corrected chi connectivity index (χ4v) is 5.60. The Morgan fingerprint density at radius 3 is 2.78 bits per heavy atom. The number of sulfone groups is 1. The maximum atomic E-state index is 12.8. The lowest BCUT2D eigenvalue weighted by molar-refractivity contribution is -0.135. The lowest BCUT2D eigenvalue weighted by Gasteiger charge is -2.32. The van der Waals surface area contributed by atoms with Crippen molar-refractivity contribution >= 4 is 27.1 Å². The summed E-state index contributed by atoms with van der Waals surface area (Å²) >= 11 is 1.61. The first-order chi connectivity index (χ1) is 11.0. The zero-order valence-electron chi connectivity index (χ0n) is 13.1. The van der Waals surface area contributed by atoms with Crippen LogP contribution in [0.5, 0.6) is 0 Å². The predicted molar refractivity (Wildman–Crippen MR) is 91.2 cm³/mol. The Labute approximate surface area is 141 Å². The molecule has 2 fully saturated rings. The van der Waals surface area contributed by atoms with E-state index in [1.54, 1.807) is 16.2 Å². The predicted octanol–water partition coefficient (Wildman–Crippen LogP) is 0.169. The summed E-state index contributed by atoms with van der Waals surface area (Å²) in [5, 5.41) is 5.26. The van der Waals surface area contributed by atoms with Crippen molar-refractivity contribution in [2.24, 2.45) is 0 Å². The highest BCUT2D eigenvalue weighted by molar-refractivity contribution is 7.91. The van der Waals surface area contributed by atoms with Crippen LogP contribution in [0.4, 0.5) is 0 Å². The van der Waals surface area contributed by atoms with Crippen LogP contribution < -0.4 is 5.32 Å². The largest absolute Gasteiger partial charge is 0.332 e. The van der Waals surface area contributed by atoms with Gasteiger partial charge in [0.25, 0.3) is 0 Å². The van der Waals surface area contributed by atoms with Crippen molar-refractivity contribution < 1.29 is 13.2 Å². The summed E-state index contributed by atoms with van der Waals surface area (Å²) < 4.78 is 23.6. The standard InChI is InChI=1S/C15H23N3O3S2/c19-15(11-17-6-4-16-5-7-17)18(10-14-2-1-8-22-14)13-3-9-23(20,21)12-13/h1-2,8,13,16H,3-7,9-12H2. The minimum atomic E-state index is -3.00. The number of rotatable bonds is 5. The summed E-state index contributed by atoms with van der Waals surface area (Å²) in [7, 11) is -3.00. The molecule has 1 unspecified atom stereocenters. The molecule has 1 aromatic heterocycles. The fourth-order valence-electron chi connectivity index (χ4n) is 3.16. The van der Waals surface area contributed by atoms with E-state index in [1.807, 2.05) is 17.5 Å². The van der Waals surface area contributed by atoms with Crippen LogP contribution in [0.3, 0.4) is 0 Å². The van der Waals surface area contributed by atoms with Crippen LogP contribution in [0.15, 0.2) is 17.5 Å². The van der Waals surface area contributed by atoms with Gasteiger partial charge in [0.2, 0.25) is 5.91 Å². The third kappa shape index (κ3) is 4.53. The van der Waals surface area contributed by atoms with Crippen molar-refractivity contribution in [3.8, 4) is 0 Å². The van der Waals surface area contributed by atoms with E-state index in [9.17, 15) is 13.2 Å². The highest BCUT2D eigenvalue weighted by Crippen LogP contribution is 2.22. The van der Waals surface area contributed by atoms with Crippen molar-refractivity contribution in [3.05, 3.63) is 22.4 Å². The normalized spacial score (nSPS) is 24.6. The van der Waals surface area contributed by atoms with Gasteiger partial charge in [-0.1, -0.05) is 6.07 Å². The van der Waals surface area contributed by atoms with Crippen LogP contribution >= 0.6 is 11.3 Å². The second-order valence-electron chi connectivity index (χ2n) is 6.18. The smallest absolute Gasteiger partial charge is 0.237 e. The Kier molecular flexibility index (Phi) is 5.35. The van der Waals surface area contributed by atoms with E-state index in [-0.39, 0.29) is 23.5 Å². The van der Waals surface area contributed by atoms with E-state index in [1.165, 1.54) is 0 Å². The molecule has 1 aromatic rings. The van der Waals surface area contributed by atoms with E-state index in [0.29, 0.717) is 19.5 Å². The number of piperazine rings is 1. The lowest BCUT2D eigenvalue weighted by atomic mass is 10.2. The number of nitrogens with zero attached hydrogens (tertiary/aromatic N) is 2. The Morgan fingerprint density at radius 1 is 1.39 bits per heavy atom. The van der Waals surface area contributed by atoms with Crippen molar-refractivity contribution in [1.29, 1.82) is 0 Å². The third-order valence-electron chi connectivity index (χ3n) is 4.44. The van der Waals surface area contributed by atoms with Crippen LogP contribution in [0.25, 0.3) is 0 Å². The number of hydrogen-bond donors (Lipinski definition) is 1. The van der Waals surface area contributed by atoms with E-state index in [0.717, 1.165) is 31.1 Å². The van der Waals surface area contributed by atoms with E-state index >= 15 is 0 Å². The molecule has 0 aliphatic carbocycles. The van der Waals surface area contributed by atoms with Gasteiger partial charge in [-0.3, -0.25) is 9.69 Å². The van der Waals surface area contributed by atoms with Crippen LogP contribution in [-0.4, -0.2) is 74.4 Å². The van der Waals surface area contributed by atoms with Crippen LogP contribution in [0, 0.1) is 0 Å². The quantitative estimate of drug-likeness (QED) is 0.813. The molecule has 0 bridgehead atoms. The Bertz CT molecular complexity index is 624. The van der Waals surface area contributed by atoms with Gasteiger partial charge in [0.15, 0.2) is 9.84 Å². The number of thiophene rings is 1. The lowest BCUT2D eigenvalue weighted by Crippen LogP contribution is -2.50. The molecule has 2 aliphatic rings. The van der Waals surface area contributed by atoms with Gasteiger partial charge in [-0.2, -0.15) is 0 Å². The number of carbonyl (C=O) groups is 1. The Morgan fingerprint density at radius 2 is 2.17 bits per heavy atom. The summed E-state index contributed by atoms with van der Waals surface area (Å²) in [5.74, 6) is 0.341. The monoisotopic (exact) mass is 357 g/mol. The highest BCUT2D eigenvalue weighted by Gasteiger charge is 2.35. The molecule has 3 heterocycles. The minimum Gasteiger partial charge on any atom is -0.332 e. The average Bonchev–Trinajstić information content (AvgIpc) is 3.15. The van der Waals surface area contributed by atoms with E-state index in [4.69, 9.17) is 0 Å². The van der Waals surface area contributed by atoms with Gasteiger partial charge >= 0.3 is 0 Å². The molecule has 0 aromatic carbocycles. The third-order valence-corrected chi connectivity index (χ3v) is 7.06. The van der Waals surface area contributed by atoms with Gasteiger partial charge in [0, 0.05) is 37.1 Å². The summed E-state index contributed by atoms with van der Waals surface area (Å²) in [4.78, 5) is 17.8. The zero-order chi connectivity index (χ0) is 16.3. The summed E-state index contributed by atoms with van der Waals surface area (Å²) in [5.41, 5.74) is 0. The molecule has 0 radical (unpaired) electrons. The summed E-state index contributed by atoms with van der Waals surface area (Å²) in [6.07, 6.45) is 0.557. The van der Waals surface area contributed by atoms with Crippen LogP contribution in [0.1, 0.15) is 11.3 Å².